The Morgan fingerprint density at radius 3 is 3.17 bits per heavy atom. The highest BCUT2D eigenvalue weighted by Gasteiger charge is 2.00. The molecule has 0 aliphatic heterocycles. The zero-order chi connectivity index (χ0) is 8.55. The minimum Gasteiger partial charge on any atom is -0.446 e. The number of halogens is 1. The molecule has 0 radical (unpaired) electrons. The number of pyridine rings is 1. The third-order valence-electron chi connectivity index (χ3n) is 1.48. The molecule has 0 amide bonds. The Balaban J connectivity index is 2.98. The van der Waals surface area contributed by atoms with Gasteiger partial charge in [0.2, 0.25) is 5.71 Å². The van der Waals surface area contributed by atoms with Crippen LogP contribution < -0.4 is 5.43 Å². The second-order valence-electron chi connectivity index (χ2n) is 2.29. The molecule has 0 atom stereocenters. The highest BCUT2D eigenvalue weighted by molar-refractivity contribution is 6.31. The summed E-state index contributed by atoms with van der Waals surface area (Å²) in [5, 5.41) is 0.839. The van der Waals surface area contributed by atoms with Crippen LogP contribution >= 0.6 is 11.6 Å². The third kappa shape index (κ3) is 1.08. The Kier molecular flexibility index (Phi) is 1.59. The average Bonchev–Trinajstić information content (AvgIpc) is 2.07. The van der Waals surface area contributed by atoms with Crippen LogP contribution in [-0.2, 0) is 0 Å². The molecule has 2 rings (SSSR count). The van der Waals surface area contributed by atoms with Crippen LogP contribution in [0.3, 0.4) is 0 Å². The highest BCUT2D eigenvalue weighted by Crippen LogP contribution is 2.12. The van der Waals surface area contributed by atoms with Crippen molar-refractivity contribution in [2.24, 2.45) is 0 Å². The molecule has 0 spiro atoms. The zero-order valence-electron chi connectivity index (χ0n) is 5.95. The fraction of sp³-hybridized carbons (Fsp3) is 0. The van der Waals surface area contributed by atoms with E-state index >= 15 is 0 Å². The van der Waals surface area contributed by atoms with Crippen LogP contribution in [0.25, 0.3) is 11.1 Å². The minimum atomic E-state index is -0.133. The van der Waals surface area contributed by atoms with Gasteiger partial charge in [-0.1, -0.05) is 11.6 Å². The van der Waals surface area contributed by atoms with Crippen molar-refractivity contribution in [1.29, 1.82) is 0 Å². The van der Waals surface area contributed by atoms with E-state index in [9.17, 15) is 4.79 Å². The Labute approximate surface area is 72.6 Å². The molecular formula is C8H4ClNO2. The first kappa shape index (κ1) is 7.31. The lowest BCUT2D eigenvalue weighted by molar-refractivity contribution is 0.589. The normalized spacial score (nSPS) is 10.4. The number of hydrogen-bond acceptors (Lipinski definition) is 3. The smallest absolute Gasteiger partial charge is 0.229 e. The zero-order valence-corrected chi connectivity index (χ0v) is 6.71. The van der Waals surface area contributed by atoms with Crippen molar-refractivity contribution >= 4 is 22.7 Å². The monoisotopic (exact) mass is 181 g/mol. The summed E-state index contributed by atoms with van der Waals surface area (Å²) in [6, 6.07) is 2.87. The van der Waals surface area contributed by atoms with Crippen molar-refractivity contribution in [2.45, 2.75) is 0 Å². The predicted molar refractivity (Wildman–Crippen MR) is 45.3 cm³/mol. The molecule has 0 aliphatic rings. The summed E-state index contributed by atoms with van der Waals surface area (Å²) in [6.07, 6.45) is 2.75. The number of nitrogens with zero attached hydrogens (tertiary/aromatic N) is 1. The Hall–Kier alpha value is -1.35. The number of hydrogen-bond donors (Lipinski definition) is 0. The van der Waals surface area contributed by atoms with E-state index in [2.05, 4.69) is 4.98 Å². The van der Waals surface area contributed by atoms with E-state index in [1.165, 1.54) is 24.6 Å². The summed E-state index contributed by atoms with van der Waals surface area (Å²) in [5.41, 5.74) is 0.179. The van der Waals surface area contributed by atoms with Crippen LogP contribution in [0.15, 0.2) is 33.8 Å². The Bertz CT molecular complexity index is 478. The van der Waals surface area contributed by atoms with Crippen molar-refractivity contribution < 1.29 is 4.42 Å². The molecule has 4 heteroatoms. The largest absolute Gasteiger partial charge is 0.446 e. The van der Waals surface area contributed by atoms with Crippen LogP contribution in [-0.4, -0.2) is 4.98 Å². The van der Waals surface area contributed by atoms with Gasteiger partial charge in [0, 0.05) is 12.3 Å². The summed E-state index contributed by atoms with van der Waals surface area (Å²) < 4.78 is 4.98. The molecule has 0 saturated carbocycles. The van der Waals surface area contributed by atoms with Gasteiger partial charge in [-0.3, -0.25) is 4.79 Å². The summed E-state index contributed by atoms with van der Waals surface area (Å²) in [7, 11) is 0. The van der Waals surface area contributed by atoms with Crippen LogP contribution in [0.2, 0.25) is 5.02 Å². The molecule has 0 unspecified atom stereocenters. The average molecular weight is 182 g/mol. The van der Waals surface area contributed by atoms with Gasteiger partial charge < -0.3 is 4.42 Å². The molecule has 0 aromatic carbocycles. The molecule has 60 valence electrons. The number of fused-ring (bicyclic) bond motifs is 1. The lowest BCUT2D eigenvalue weighted by Gasteiger charge is -1.93. The molecular weight excluding hydrogens is 178 g/mol. The van der Waals surface area contributed by atoms with Crippen molar-refractivity contribution in [3.63, 3.8) is 0 Å². The van der Waals surface area contributed by atoms with Crippen LogP contribution in [0.5, 0.6) is 0 Å². The van der Waals surface area contributed by atoms with Crippen molar-refractivity contribution in [3.8, 4) is 0 Å². The van der Waals surface area contributed by atoms with Gasteiger partial charge in [-0.05, 0) is 6.07 Å². The summed E-state index contributed by atoms with van der Waals surface area (Å²) in [6.45, 7) is 0. The standard InChI is InChI=1S/C8H4ClNO2/c9-5-3-6-7(11)1-2-12-8(6)10-4-5/h1-4H. The molecule has 2 aromatic heterocycles. The fourth-order valence-corrected chi connectivity index (χ4v) is 1.11. The minimum absolute atomic E-state index is 0.133. The Morgan fingerprint density at radius 2 is 2.33 bits per heavy atom. The van der Waals surface area contributed by atoms with E-state index in [1.807, 2.05) is 0 Å². The summed E-state index contributed by atoms with van der Waals surface area (Å²) in [4.78, 5) is 15.0. The first-order valence-corrected chi connectivity index (χ1v) is 3.68. The van der Waals surface area contributed by atoms with Gasteiger partial charge in [0.1, 0.15) is 0 Å². The highest BCUT2D eigenvalue weighted by atomic mass is 35.5. The lowest BCUT2D eigenvalue weighted by atomic mass is 10.3. The van der Waals surface area contributed by atoms with Gasteiger partial charge >= 0.3 is 0 Å². The fourth-order valence-electron chi connectivity index (χ4n) is 0.947. The van der Waals surface area contributed by atoms with Crippen LogP contribution in [0.1, 0.15) is 0 Å². The van der Waals surface area contributed by atoms with Crippen molar-refractivity contribution in [1.82, 2.24) is 4.98 Å². The third-order valence-corrected chi connectivity index (χ3v) is 1.69. The van der Waals surface area contributed by atoms with Gasteiger partial charge in [-0.2, -0.15) is 0 Å². The molecule has 12 heavy (non-hydrogen) atoms. The Morgan fingerprint density at radius 1 is 1.50 bits per heavy atom. The van der Waals surface area contributed by atoms with Gasteiger partial charge in [-0.15, -0.1) is 0 Å². The quantitative estimate of drug-likeness (QED) is 0.623. The second kappa shape index (κ2) is 2.60. The van der Waals surface area contributed by atoms with E-state index in [4.69, 9.17) is 16.0 Å². The molecule has 0 saturated heterocycles. The van der Waals surface area contributed by atoms with E-state index in [1.54, 1.807) is 0 Å². The number of aromatic nitrogens is 1. The molecule has 2 aromatic rings. The molecule has 2 heterocycles. The maximum atomic E-state index is 11.2. The molecule has 0 aliphatic carbocycles. The second-order valence-corrected chi connectivity index (χ2v) is 2.73. The van der Waals surface area contributed by atoms with Gasteiger partial charge in [-0.25, -0.2) is 4.98 Å². The van der Waals surface area contributed by atoms with Crippen LogP contribution in [0, 0.1) is 0 Å². The topological polar surface area (TPSA) is 43.1 Å². The van der Waals surface area contributed by atoms with E-state index in [0.29, 0.717) is 16.1 Å². The molecule has 0 fully saturated rings. The van der Waals surface area contributed by atoms with Gasteiger partial charge in [0.05, 0.1) is 16.7 Å². The van der Waals surface area contributed by atoms with E-state index < -0.39 is 0 Å². The van der Waals surface area contributed by atoms with E-state index in [-0.39, 0.29) is 5.43 Å². The van der Waals surface area contributed by atoms with Crippen LogP contribution in [0.4, 0.5) is 0 Å². The summed E-state index contributed by atoms with van der Waals surface area (Å²) >= 11 is 5.65. The maximum Gasteiger partial charge on any atom is 0.229 e. The van der Waals surface area contributed by atoms with Crippen molar-refractivity contribution in [2.75, 3.05) is 0 Å². The summed E-state index contributed by atoms with van der Waals surface area (Å²) in [5.74, 6) is 0. The molecule has 0 N–H and O–H groups in total. The van der Waals surface area contributed by atoms with E-state index in [0.717, 1.165) is 0 Å². The maximum absolute atomic E-state index is 11.2. The molecule has 0 bridgehead atoms. The van der Waals surface area contributed by atoms with Gasteiger partial charge in [0.15, 0.2) is 5.43 Å². The number of rotatable bonds is 0. The molecule has 3 nitrogen and oxygen atoms in total. The lowest BCUT2D eigenvalue weighted by Crippen LogP contribution is -1.98. The van der Waals surface area contributed by atoms with Crippen molar-refractivity contribution in [3.05, 3.63) is 39.8 Å². The van der Waals surface area contributed by atoms with Gasteiger partial charge in [0.25, 0.3) is 0 Å². The SMILES string of the molecule is O=c1ccoc2ncc(Cl)cc12. The first-order valence-electron chi connectivity index (χ1n) is 3.30. The first-order chi connectivity index (χ1) is 5.77. The predicted octanol–water partition coefficient (Wildman–Crippen LogP) is 1.84.